The van der Waals surface area contributed by atoms with Crippen LogP contribution in [-0.2, 0) is 23.8 Å². The van der Waals surface area contributed by atoms with Gasteiger partial charge in [-0.1, -0.05) is 59.8 Å². The van der Waals surface area contributed by atoms with Gasteiger partial charge in [-0.05, 0) is 25.8 Å². The lowest BCUT2D eigenvalue weighted by molar-refractivity contribution is -0.160. The number of hydrogen-bond acceptors (Lipinski definition) is 15. The van der Waals surface area contributed by atoms with Crippen LogP contribution in [0, 0.1) is 36.5 Å². The second kappa shape index (κ2) is 19.5. The van der Waals surface area contributed by atoms with Crippen molar-refractivity contribution in [3.05, 3.63) is 52.8 Å². The largest absolute Gasteiger partial charge is 0.507 e. The van der Waals surface area contributed by atoms with Crippen LogP contribution in [0.5, 0.6) is 23.0 Å². The highest BCUT2D eigenvalue weighted by Crippen LogP contribution is 2.55. The Hall–Kier alpha value is -5.16. The molecule has 4 aliphatic heterocycles. The van der Waals surface area contributed by atoms with E-state index in [4.69, 9.17) is 18.9 Å². The number of amides is 1. The van der Waals surface area contributed by atoms with Gasteiger partial charge < -0.3 is 49.8 Å². The van der Waals surface area contributed by atoms with E-state index >= 15 is 0 Å². The molecule has 4 heterocycles. The third-order valence-corrected chi connectivity index (χ3v) is 12.4. The molecule has 0 aromatic heterocycles. The number of phenols is 3. The zero-order valence-electron chi connectivity index (χ0n) is 37.6. The maximum absolute atomic E-state index is 14.5. The number of ether oxygens (including phenoxy) is 4. The Kier molecular flexibility index (Phi) is 15.0. The van der Waals surface area contributed by atoms with Gasteiger partial charge in [0.1, 0.15) is 23.4 Å². The van der Waals surface area contributed by atoms with Crippen molar-refractivity contribution < 1.29 is 58.9 Å². The highest BCUT2D eigenvalue weighted by molar-refractivity contribution is 6.23. The van der Waals surface area contributed by atoms with E-state index in [9.17, 15) is 39.9 Å². The van der Waals surface area contributed by atoms with Crippen LogP contribution in [0.4, 0.5) is 5.69 Å². The first-order valence-corrected chi connectivity index (χ1v) is 21.2. The van der Waals surface area contributed by atoms with Gasteiger partial charge in [-0.15, -0.1) is 0 Å². The number of piperazine rings is 1. The summed E-state index contributed by atoms with van der Waals surface area (Å²) in [5.74, 6) is -7.85. The number of esters is 1. The van der Waals surface area contributed by atoms with Gasteiger partial charge in [0, 0.05) is 93.9 Å². The maximum atomic E-state index is 14.5. The van der Waals surface area contributed by atoms with Crippen LogP contribution >= 0.6 is 0 Å². The highest BCUT2D eigenvalue weighted by Gasteiger charge is 2.50. The van der Waals surface area contributed by atoms with Crippen LogP contribution < -0.4 is 10.1 Å². The van der Waals surface area contributed by atoms with Crippen molar-refractivity contribution in [2.75, 3.05) is 45.2 Å². The molecule has 0 radical (unpaired) electrons. The van der Waals surface area contributed by atoms with E-state index in [0.717, 1.165) is 19.6 Å². The normalized spacial score (nSPS) is 31.2. The topological polar surface area (TPSA) is 220 Å². The first kappa shape index (κ1) is 47.9. The number of hydrogen-bond donors (Lipinski definition) is 6. The molecular formula is C46H64N4O12. The van der Waals surface area contributed by atoms with Gasteiger partial charge in [0.15, 0.2) is 5.75 Å². The zero-order valence-corrected chi connectivity index (χ0v) is 37.6. The molecule has 340 valence electrons. The molecule has 2 aromatic carbocycles. The van der Waals surface area contributed by atoms with E-state index in [1.165, 1.54) is 59.4 Å². The first-order chi connectivity index (χ1) is 29.1. The third kappa shape index (κ3) is 9.73. The molecule has 0 unspecified atom stereocenters. The van der Waals surface area contributed by atoms with Crippen LogP contribution in [-0.4, -0.2) is 129 Å². The summed E-state index contributed by atoms with van der Waals surface area (Å²) < 4.78 is 23.7. The summed E-state index contributed by atoms with van der Waals surface area (Å²) in [4.78, 5) is 43.0. The second-order valence-corrected chi connectivity index (χ2v) is 17.5. The lowest BCUT2D eigenvalue weighted by Gasteiger charge is -2.38. The quantitative estimate of drug-likeness (QED) is 0.0933. The number of nitrogens with one attached hydrogen (secondary N) is 1. The molecule has 1 amide bonds. The Bertz CT molecular complexity index is 2140. The molecule has 2 aromatic rings. The number of carbonyl (C=O) groups excluding carboxylic acids is 3. The number of phenolic OH excluding ortho intramolecular Hbond substituents is 3. The lowest BCUT2D eigenvalue weighted by atomic mass is 9.78. The summed E-state index contributed by atoms with van der Waals surface area (Å²) in [5.41, 5.74) is -0.335. The van der Waals surface area contributed by atoms with Gasteiger partial charge in [0.25, 0.3) is 11.7 Å². The monoisotopic (exact) mass is 864 g/mol. The fourth-order valence-electron chi connectivity index (χ4n) is 8.56. The third-order valence-electron chi connectivity index (χ3n) is 12.4. The van der Waals surface area contributed by atoms with E-state index in [0.29, 0.717) is 19.0 Å². The molecular weight excluding hydrogens is 801 g/mol. The molecule has 62 heavy (non-hydrogen) atoms. The van der Waals surface area contributed by atoms with Gasteiger partial charge in [-0.25, -0.2) is 0 Å². The molecule has 0 saturated carbocycles. The van der Waals surface area contributed by atoms with Crippen molar-refractivity contribution in [1.29, 1.82) is 0 Å². The Labute approximate surface area is 363 Å². The number of methoxy groups -OCH3 is 1. The molecule has 0 aliphatic carbocycles. The number of hydrazone groups is 1. The minimum Gasteiger partial charge on any atom is -0.507 e. The predicted molar refractivity (Wildman–Crippen MR) is 234 cm³/mol. The number of aromatic hydroxyl groups is 3. The number of nitrogens with zero attached hydrogens (tertiary/aromatic N) is 3. The zero-order chi connectivity index (χ0) is 46.0. The number of carbonyl (C=O) groups is 3. The van der Waals surface area contributed by atoms with E-state index < -0.39 is 88.8 Å². The Morgan fingerprint density at radius 1 is 0.968 bits per heavy atom. The van der Waals surface area contributed by atoms with E-state index in [-0.39, 0.29) is 44.5 Å². The number of fused-ring (bicyclic) bond motifs is 14. The summed E-state index contributed by atoms with van der Waals surface area (Å²) in [7, 11) is 1.44. The number of ketones is 1. The van der Waals surface area contributed by atoms with Crippen molar-refractivity contribution in [2.24, 2.45) is 34.7 Å². The molecule has 0 spiro atoms. The molecule has 16 nitrogen and oxygen atoms in total. The fourth-order valence-corrected chi connectivity index (χ4v) is 8.56. The first-order valence-electron chi connectivity index (χ1n) is 21.2. The van der Waals surface area contributed by atoms with Crippen LogP contribution in [0.2, 0.25) is 0 Å². The van der Waals surface area contributed by atoms with Crippen LogP contribution in [0.15, 0.2) is 41.2 Å². The van der Waals surface area contributed by atoms with Gasteiger partial charge in [0.2, 0.25) is 0 Å². The smallest absolute Gasteiger partial charge is 0.312 e. The minimum absolute atomic E-state index is 0.0576. The Balaban J connectivity index is 1.68. The number of aliphatic hydroxyl groups is 2. The number of allylic oxidation sites excluding steroid dienone is 2. The number of benzene rings is 2. The minimum atomic E-state index is -2.05. The lowest BCUT2D eigenvalue weighted by Crippen LogP contribution is -2.46. The highest BCUT2D eigenvalue weighted by atomic mass is 16.7. The van der Waals surface area contributed by atoms with Gasteiger partial charge >= 0.3 is 11.8 Å². The summed E-state index contributed by atoms with van der Waals surface area (Å²) >= 11 is 0. The Morgan fingerprint density at radius 3 is 2.24 bits per heavy atom. The average molecular weight is 865 g/mol. The van der Waals surface area contributed by atoms with Crippen molar-refractivity contribution in [3.63, 3.8) is 0 Å². The van der Waals surface area contributed by atoms with Crippen molar-refractivity contribution in [1.82, 2.24) is 9.91 Å². The SMILES string of the molecule is CO[C@H]1/C=C/O[C@@]2(C)Oc3c(C)c(O)c4c(O)c(c(C=NN5CCN(CC(C)C)CC5)c(O)c4c3C2=O)NC(=O)/C(C)=C\C=C\[C@H](C)[C@H](O)[C@@H](C)[C@@H](O)[C@H](C)[C@H](OC(C)=O)[C@H]1C. The van der Waals surface area contributed by atoms with E-state index in [1.54, 1.807) is 44.9 Å². The van der Waals surface area contributed by atoms with Crippen LogP contribution in [0.25, 0.3) is 10.8 Å². The maximum Gasteiger partial charge on any atom is 0.312 e. The van der Waals surface area contributed by atoms with E-state index in [2.05, 4.69) is 29.2 Å². The summed E-state index contributed by atoms with van der Waals surface area (Å²) in [6, 6.07) is 0. The number of rotatable bonds is 6. The van der Waals surface area contributed by atoms with Gasteiger partial charge in [0.05, 0.1) is 53.0 Å². The number of Topliss-reactive ketones (excluding diaryl/α,β-unsaturated/α-hetero) is 1. The van der Waals surface area contributed by atoms with Crippen LogP contribution in [0.1, 0.15) is 83.8 Å². The van der Waals surface area contributed by atoms with Crippen LogP contribution in [0.3, 0.4) is 0 Å². The second-order valence-electron chi connectivity index (χ2n) is 17.5. The molecule has 1 saturated heterocycles. The molecule has 6 rings (SSSR count). The van der Waals surface area contributed by atoms with E-state index in [1.807, 2.05) is 0 Å². The number of aliphatic hydroxyl groups excluding tert-OH is 2. The molecule has 1 fully saturated rings. The summed E-state index contributed by atoms with van der Waals surface area (Å²) in [6.45, 7) is 20.4. The van der Waals surface area contributed by atoms with Crippen molar-refractivity contribution >= 4 is 40.3 Å². The fraction of sp³-hybridized carbons (Fsp3) is 0.565. The Morgan fingerprint density at radius 2 is 1.63 bits per heavy atom. The molecule has 9 atom stereocenters. The standard InChI is InChI=1S/C46H64N4O12/c1-23(2)22-49-16-18-50(19-17-49)47-21-31-36-41(56)34-33(40(31)55)35-43(29(8)39(34)54)62-46(10,44(35)57)60-20-15-32(59-11)26(5)42(61-30(9)51)28(7)38(53)27(6)37(52)24(3)13-12-14-25(4)45(58)48-36/h12-15,20-21,23-24,26-28,32,37-38,42,52-56H,16-19,22H2,1-11H3,(H,48,58)/b13-12+,20-15+,25-14-,47-21?/t24-,26-,27+,28-,32-,37-,38+,42+,46-/m0/s1. The molecule has 5 bridgehead atoms. The summed E-state index contributed by atoms with van der Waals surface area (Å²) in [5, 5.41) is 67.3. The number of anilines is 1. The van der Waals surface area contributed by atoms with Crippen molar-refractivity contribution in [2.45, 2.75) is 99.4 Å². The predicted octanol–water partition coefficient (Wildman–Crippen LogP) is 5.36. The average Bonchev–Trinajstić information content (AvgIpc) is 3.49. The van der Waals surface area contributed by atoms with Crippen molar-refractivity contribution in [3.8, 4) is 23.0 Å². The van der Waals surface area contributed by atoms with Gasteiger partial charge in [-0.3, -0.25) is 24.3 Å². The molecule has 4 aliphatic rings. The van der Waals surface area contributed by atoms with Gasteiger partial charge in [-0.2, -0.15) is 5.10 Å². The summed E-state index contributed by atoms with van der Waals surface area (Å²) in [6.07, 6.45) is 4.90. The molecule has 6 N–H and O–H groups in total. The molecule has 16 heteroatoms.